The highest BCUT2D eigenvalue weighted by Gasteiger charge is 2.30. The Balaban J connectivity index is 1.75. The topological polar surface area (TPSA) is 65.1 Å². The molecule has 5 rings (SSSR count). The minimum absolute atomic E-state index is 0.218. The second-order valence-electron chi connectivity index (χ2n) is 8.56. The third kappa shape index (κ3) is 3.24. The summed E-state index contributed by atoms with van der Waals surface area (Å²) in [6.07, 6.45) is 0. The predicted octanol–water partition coefficient (Wildman–Crippen LogP) is 3.69. The molecule has 4 aromatic rings. The molecule has 2 aromatic heterocycles. The van der Waals surface area contributed by atoms with Gasteiger partial charge in [-0.25, -0.2) is 4.79 Å². The van der Waals surface area contributed by atoms with Crippen LogP contribution >= 0.6 is 11.6 Å². The molecular formula is C24H24ClN5O2. The van der Waals surface area contributed by atoms with Crippen LogP contribution in [0.2, 0.25) is 5.02 Å². The van der Waals surface area contributed by atoms with Crippen LogP contribution in [0.25, 0.3) is 11.2 Å². The Hall–Kier alpha value is -3.32. The van der Waals surface area contributed by atoms with Crippen LogP contribution in [0.3, 0.4) is 0 Å². The second kappa shape index (κ2) is 7.67. The minimum Gasteiger partial charge on any atom is -0.311 e. The highest BCUT2D eigenvalue weighted by atomic mass is 35.5. The summed E-state index contributed by atoms with van der Waals surface area (Å²) in [5, 5.41) is 0.643. The molecule has 7 nitrogen and oxygen atoms in total. The van der Waals surface area contributed by atoms with Gasteiger partial charge in [0.15, 0.2) is 11.2 Å². The van der Waals surface area contributed by atoms with Gasteiger partial charge in [-0.3, -0.25) is 13.9 Å². The molecule has 0 bridgehead atoms. The summed E-state index contributed by atoms with van der Waals surface area (Å²) in [5.74, 6) is 0.936. The van der Waals surface area contributed by atoms with Crippen LogP contribution in [0.4, 0.5) is 11.6 Å². The number of hydrogen-bond donors (Lipinski definition) is 0. The van der Waals surface area contributed by atoms with Gasteiger partial charge in [-0.15, -0.1) is 0 Å². The molecule has 2 aromatic carbocycles. The van der Waals surface area contributed by atoms with E-state index in [1.807, 2.05) is 60.0 Å². The van der Waals surface area contributed by atoms with Crippen LogP contribution in [0, 0.1) is 12.8 Å². The largest absolute Gasteiger partial charge is 0.332 e. The molecule has 32 heavy (non-hydrogen) atoms. The molecule has 1 aliphatic rings. The molecule has 8 heteroatoms. The third-order valence-corrected chi connectivity index (χ3v) is 6.32. The molecular weight excluding hydrogens is 426 g/mol. The molecule has 0 aliphatic carbocycles. The zero-order valence-electron chi connectivity index (χ0n) is 18.2. The zero-order valence-corrected chi connectivity index (χ0v) is 19.0. The average molecular weight is 450 g/mol. The SMILES string of the molecule is Cc1ccc(Cl)cc1N1CC(C)Cn2c1nc1c2c(=O)n(Cc2ccccc2)c(=O)n1C. The Labute approximate surface area is 190 Å². The van der Waals surface area contributed by atoms with E-state index in [2.05, 4.69) is 11.8 Å². The Morgan fingerprint density at radius 2 is 1.84 bits per heavy atom. The normalized spacial score (nSPS) is 15.9. The first-order valence-corrected chi connectivity index (χ1v) is 11.0. The molecule has 0 amide bonds. The fraction of sp³-hybridized carbons (Fsp3) is 0.292. The number of hydrogen-bond acceptors (Lipinski definition) is 4. The lowest BCUT2D eigenvalue weighted by Gasteiger charge is -2.33. The van der Waals surface area contributed by atoms with Crippen LogP contribution < -0.4 is 16.1 Å². The summed E-state index contributed by atoms with van der Waals surface area (Å²) in [4.78, 5) is 33.5. The predicted molar refractivity (Wildman–Crippen MR) is 127 cm³/mol. The van der Waals surface area contributed by atoms with Crippen molar-refractivity contribution >= 4 is 34.4 Å². The molecule has 1 unspecified atom stereocenters. The van der Waals surface area contributed by atoms with Crippen molar-refractivity contribution in [3.63, 3.8) is 0 Å². The van der Waals surface area contributed by atoms with Gasteiger partial charge in [0.1, 0.15) is 0 Å². The highest BCUT2D eigenvalue weighted by molar-refractivity contribution is 6.30. The second-order valence-corrected chi connectivity index (χ2v) is 9.00. The van der Waals surface area contributed by atoms with Crippen molar-refractivity contribution in [1.82, 2.24) is 18.7 Å². The van der Waals surface area contributed by atoms with Crippen molar-refractivity contribution in [3.05, 3.63) is 85.5 Å². The van der Waals surface area contributed by atoms with Crippen molar-refractivity contribution in [2.75, 3.05) is 11.4 Å². The number of benzene rings is 2. The van der Waals surface area contributed by atoms with Gasteiger partial charge in [0, 0.05) is 30.8 Å². The lowest BCUT2D eigenvalue weighted by Crippen LogP contribution is -2.40. The number of imidazole rings is 1. The zero-order chi connectivity index (χ0) is 22.6. The quantitative estimate of drug-likeness (QED) is 0.478. The van der Waals surface area contributed by atoms with E-state index >= 15 is 0 Å². The van der Waals surface area contributed by atoms with E-state index in [0.717, 1.165) is 23.4 Å². The maximum atomic E-state index is 13.6. The number of aryl methyl sites for hydroxylation is 2. The van der Waals surface area contributed by atoms with Crippen LogP contribution in [0.15, 0.2) is 58.1 Å². The van der Waals surface area contributed by atoms with Crippen molar-refractivity contribution in [2.24, 2.45) is 13.0 Å². The third-order valence-electron chi connectivity index (χ3n) is 6.09. The average Bonchev–Trinajstić information content (AvgIpc) is 3.16. The van der Waals surface area contributed by atoms with Crippen molar-refractivity contribution < 1.29 is 0 Å². The summed E-state index contributed by atoms with van der Waals surface area (Å²) in [6.45, 7) is 5.79. The Morgan fingerprint density at radius 3 is 2.59 bits per heavy atom. The lowest BCUT2D eigenvalue weighted by molar-refractivity contribution is 0.457. The van der Waals surface area contributed by atoms with Crippen molar-refractivity contribution in [1.29, 1.82) is 0 Å². The number of nitrogens with zero attached hydrogens (tertiary/aromatic N) is 5. The minimum atomic E-state index is -0.375. The van der Waals surface area contributed by atoms with Gasteiger partial charge in [-0.2, -0.15) is 4.98 Å². The van der Waals surface area contributed by atoms with E-state index < -0.39 is 0 Å². The molecule has 1 aliphatic heterocycles. The Morgan fingerprint density at radius 1 is 1.09 bits per heavy atom. The first-order valence-electron chi connectivity index (χ1n) is 10.6. The van der Waals surface area contributed by atoms with E-state index in [-0.39, 0.29) is 23.7 Å². The summed E-state index contributed by atoms with van der Waals surface area (Å²) in [7, 11) is 1.67. The molecule has 1 atom stereocenters. The van der Waals surface area contributed by atoms with Crippen LogP contribution in [-0.2, 0) is 20.1 Å². The molecule has 164 valence electrons. The van der Waals surface area contributed by atoms with Crippen molar-refractivity contribution in [2.45, 2.75) is 26.9 Å². The summed E-state index contributed by atoms with van der Waals surface area (Å²) in [6, 6.07) is 15.3. The van der Waals surface area contributed by atoms with E-state index in [1.165, 1.54) is 9.13 Å². The lowest BCUT2D eigenvalue weighted by atomic mass is 10.1. The molecule has 0 spiro atoms. The van der Waals surface area contributed by atoms with E-state index in [1.54, 1.807) is 7.05 Å². The maximum Gasteiger partial charge on any atom is 0.332 e. The first-order chi connectivity index (χ1) is 15.3. The molecule has 0 N–H and O–H groups in total. The summed E-state index contributed by atoms with van der Waals surface area (Å²) in [5.41, 5.74) is 3.08. The van der Waals surface area contributed by atoms with Crippen molar-refractivity contribution in [3.8, 4) is 0 Å². The molecule has 0 fully saturated rings. The first kappa shape index (κ1) is 20.6. The number of halogens is 1. The monoisotopic (exact) mass is 449 g/mol. The van der Waals surface area contributed by atoms with E-state index in [4.69, 9.17) is 16.6 Å². The Kier molecular flexibility index (Phi) is 4.93. The van der Waals surface area contributed by atoms with Gasteiger partial charge < -0.3 is 9.47 Å². The van der Waals surface area contributed by atoms with Gasteiger partial charge in [-0.1, -0.05) is 54.9 Å². The smallest absolute Gasteiger partial charge is 0.311 e. The summed E-state index contributed by atoms with van der Waals surface area (Å²) < 4.78 is 4.71. The number of rotatable bonds is 3. The van der Waals surface area contributed by atoms with E-state index in [9.17, 15) is 9.59 Å². The molecule has 0 saturated heterocycles. The number of anilines is 2. The van der Waals surface area contributed by atoms with Crippen LogP contribution in [0.5, 0.6) is 0 Å². The van der Waals surface area contributed by atoms with Gasteiger partial charge in [0.05, 0.1) is 6.54 Å². The van der Waals surface area contributed by atoms with Gasteiger partial charge in [0.2, 0.25) is 5.95 Å². The summed E-state index contributed by atoms with van der Waals surface area (Å²) >= 11 is 6.29. The fourth-order valence-corrected chi connectivity index (χ4v) is 4.65. The molecule has 0 radical (unpaired) electrons. The molecule has 3 heterocycles. The maximum absolute atomic E-state index is 13.6. The fourth-order valence-electron chi connectivity index (χ4n) is 4.49. The highest BCUT2D eigenvalue weighted by Crippen LogP contribution is 2.35. The van der Waals surface area contributed by atoms with Crippen LogP contribution in [0.1, 0.15) is 18.1 Å². The molecule has 0 saturated carbocycles. The Bertz CT molecular complexity index is 1450. The number of aromatic nitrogens is 4. The van der Waals surface area contributed by atoms with Gasteiger partial charge >= 0.3 is 5.69 Å². The van der Waals surface area contributed by atoms with Gasteiger partial charge in [0.25, 0.3) is 5.56 Å². The van der Waals surface area contributed by atoms with E-state index in [0.29, 0.717) is 28.7 Å². The standard InChI is InChI=1S/C24H24ClN5O2/c1-15-12-28(19-11-18(25)10-9-16(19)2)23-26-21-20(29(23)13-15)22(31)30(24(32)27(21)3)14-17-7-5-4-6-8-17/h4-11,15H,12-14H2,1-3H3. The number of fused-ring (bicyclic) bond motifs is 3. The van der Waals surface area contributed by atoms with Crippen LogP contribution in [-0.4, -0.2) is 25.2 Å². The van der Waals surface area contributed by atoms with Gasteiger partial charge in [-0.05, 0) is 36.1 Å².